The Kier molecular flexibility index (Phi) is 6.37. The summed E-state index contributed by atoms with van der Waals surface area (Å²) >= 11 is 7.29. The number of rotatable bonds is 6. The number of aryl methyl sites for hydroxylation is 1. The lowest BCUT2D eigenvalue weighted by atomic mass is 10.2. The van der Waals surface area contributed by atoms with Gasteiger partial charge < -0.3 is 4.98 Å². The highest BCUT2D eigenvalue weighted by molar-refractivity contribution is 8.13. The molecule has 3 nitrogen and oxygen atoms in total. The van der Waals surface area contributed by atoms with Crippen molar-refractivity contribution < 1.29 is 4.79 Å². The van der Waals surface area contributed by atoms with Gasteiger partial charge in [0.05, 0.1) is 0 Å². The van der Waals surface area contributed by atoms with E-state index >= 15 is 0 Å². The van der Waals surface area contributed by atoms with Crippen LogP contribution in [-0.4, -0.2) is 20.8 Å². The number of aromatic nitrogens is 2. The van der Waals surface area contributed by atoms with E-state index in [1.807, 2.05) is 12.2 Å². The van der Waals surface area contributed by atoms with Crippen LogP contribution in [0.3, 0.4) is 0 Å². The summed E-state index contributed by atoms with van der Waals surface area (Å²) in [6.07, 6.45) is 6.92. The number of hydrogen-bond donors (Lipinski definition) is 1. The molecule has 5 heteroatoms. The summed E-state index contributed by atoms with van der Waals surface area (Å²) in [7, 11) is 0. The monoisotopic (exact) mass is 272 g/mol. The Bertz CT molecular complexity index is 401. The second-order valence-electron chi connectivity index (χ2n) is 3.69. The van der Waals surface area contributed by atoms with Crippen LogP contribution in [0.2, 0.25) is 5.15 Å². The van der Waals surface area contributed by atoms with Crippen LogP contribution in [-0.2, 0) is 11.2 Å². The lowest BCUT2D eigenvalue weighted by Gasteiger charge is -1.91. The first-order valence-electron chi connectivity index (χ1n) is 5.67. The van der Waals surface area contributed by atoms with Crippen molar-refractivity contribution in [2.45, 2.75) is 33.1 Å². The van der Waals surface area contributed by atoms with Gasteiger partial charge in [-0.25, -0.2) is 4.98 Å². The van der Waals surface area contributed by atoms with E-state index in [1.54, 1.807) is 6.92 Å². The van der Waals surface area contributed by atoms with Gasteiger partial charge in [0.1, 0.15) is 16.7 Å². The number of H-pyrrole nitrogens is 1. The van der Waals surface area contributed by atoms with Gasteiger partial charge in [-0.2, -0.15) is 0 Å². The highest BCUT2D eigenvalue weighted by Gasteiger charge is 2.04. The summed E-state index contributed by atoms with van der Waals surface area (Å²) in [5, 5.41) is 0.687. The topological polar surface area (TPSA) is 45.8 Å². The van der Waals surface area contributed by atoms with Crippen molar-refractivity contribution >= 4 is 34.6 Å². The molecule has 0 fully saturated rings. The molecule has 0 unspecified atom stereocenters. The molecule has 17 heavy (non-hydrogen) atoms. The van der Waals surface area contributed by atoms with Crippen LogP contribution in [0.5, 0.6) is 0 Å². The molecular weight excluding hydrogens is 256 g/mol. The Hall–Kier alpha value is -0.740. The van der Waals surface area contributed by atoms with Gasteiger partial charge >= 0.3 is 0 Å². The third-order valence-electron chi connectivity index (χ3n) is 2.16. The quantitative estimate of drug-likeness (QED) is 0.859. The second kappa shape index (κ2) is 7.56. The van der Waals surface area contributed by atoms with Crippen molar-refractivity contribution in [1.82, 2.24) is 9.97 Å². The molecule has 1 aromatic rings. The molecule has 0 spiro atoms. The summed E-state index contributed by atoms with van der Waals surface area (Å²) in [4.78, 5) is 18.2. The molecule has 0 aliphatic carbocycles. The standard InChI is InChI=1S/C12H17ClN2OS/c1-3-4-7-11-14-10(12(13)15-11)6-5-8-17-9(2)16/h5-6H,3-4,7-8H2,1-2H3,(H,14,15). The Morgan fingerprint density at radius 1 is 1.59 bits per heavy atom. The number of imidazole rings is 1. The smallest absolute Gasteiger partial charge is 0.186 e. The first kappa shape index (κ1) is 14.3. The van der Waals surface area contributed by atoms with E-state index in [-0.39, 0.29) is 5.12 Å². The van der Waals surface area contributed by atoms with Crippen LogP contribution >= 0.6 is 23.4 Å². The lowest BCUT2D eigenvalue weighted by molar-refractivity contribution is -0.109. The fraction of sp³-hybridized carbons (Fsp3) is 0.500. The Balaban J connectivity index is 2.52. The molecule has 0 aliphatic heterocycles. The van der Waals surface area contributed by atoms with Crippen molar-refractivity contribution in [3.8, 4) is 0 Å². The van der Waals surface area contributed by atoms with Crippen LogP contribution in [0.4, 0.5) is 0 Å². The maximum atomic E-state index is 10.7. The first-order chi connectivity index (χ1) is 8.13. The fourth-order valence-corrected chi connectivity index (χ4v) is 1.95. The van der Waals surface area contributed by atoms with Crippen LogP contribution in [0.1, 0.15) is 38.2 Å². The SMILES string of the molecule is CCCCc1nc(C=CCSC(C)=O)c(Cl)[nH]1. The van der Waals surface area contributed by atoms with E-state index < -0.39 is 0 Å². The van der Waals surface area contributed by atoms with Crippen molar-refractivity contribution in [3.63, 3.8) is 0 Å². The fourth-order valence-electron chi connectivity index (χ4n) is 1.31. The summed E-state index contributed by atoms with van der Waals surface area (Å²) in [6.45, 7) is 3.70. The number of carbonyl (C=O) groups excluding carboxylic acids is 1. The Morgan fingerprint density at radius 2 is 2.35 bits per heavy atom. The molecule has 0 bridgehead atoms. The molecule has 1 heterocycles. The number of thioether (sulfide) groups is 1. The third kappa shape index (κ3) is 5.41. The molecule has 1 rings (SSSR count). The van der Waals surface area contributed by atoms with Crippen molar-refractivity contribution in [2.24, 2.45) is 0 Å². The molecule has 0 saturated carbocycles. The minimum atomic E-state index is 0.117. The lowest BCUT2D eigenvalue weighted by Crippen LogP contribution is -1.87. The number of aromatic amines is 1. The normalized spacial score (nSPS) is 11.2. The van der Waals surface area contributed by atoms with Crippen LogP contribution in [0.15, 0.2) is 6.08 Å². The molecule has 94 valence electrons. The molecule has 0 atom stereocenters. The van der Waals surface area contributed by atoms with Crippen molar-refractivity contribution in [2.75, 3.05) is 5.75 Å². The number of nitrogens with zero attached hydrogens (tertiary/aromatic N) is 1. The molecule has 0 saturated heterocycles. The Labute approximate surface area is 111 Å². The summed E-state index contributed by atoms with van der Waals surface area (Å²) in [5.41, 5.74) is 0.752. The van der Waals surface area contributed by atoms with Crippen LogP contribution in [0.25, 0.3) is 6.08 Å². The van der Waals surface area contributed by atoms with Gasteiger partial charge in [0, 0.05) is 19.1 Å². The molecule has 1 aromatic heterocycles. The van der Waals surface area contributed by atoms with Gasteiger partial charge in [-0.3, -0.25) is 4.79 Å². The van der Waals surface area contributed by atoms with Gasteiger partial charge in [-0.1, -0.05) is 42.8 Å². The average molecular weight is 273 g/mol. The number of halogens is 1. The van der Waals surface area contributed by atoms with Crippen molar-refractivity contribution in [3.05, 3.63) is 22.7 Å². The van der Waals surface area contributed by atoms with Gasteiger partial charge in [-0.15, -0.1) is 0 Å². The van der Waals surface area contributed by atoms with Gasteiger partial charge in [-0.05, 0) is 12.5 Å². The highest BCUT2D eigenvalue weighted by Crippen LogP contribution is 2.16. The first-order valence-corrected chi connectivity index (χ1v) is 7.04. The zero-order valence-corrected chi connectivity index (χ0v) is 11.7. The van der Waals surface area contributed by atoms with E-state index in [0.29, 0.717) is 10.9 Å². The summed E-state index contributed by atoms with van der Waals surface area (Å²) in [6, 6.07) is 0. The second-order valence-corrected chi connectivity index (χ2v) is 5.27. The van der Waals surface area contributed by atoms with Crippen LogP contribution < -0.4 is 0 Å². The number of unbranched alkanes of at least 4 members (excludes halogenated alkanes) is 1. The Morgan fingerprint density at radius 3 is 3.00 bits per heavy atom. The van der Waals surface area contributed by atoms with Gasteiger partial charge in [0.15, 0.2) is 5.12 Å². The van der Waals surface area contributed by atoms with E-state index in [9.17, 15) is 4.79 Å². The zero-order valence-electron chi connectivity index (χ0n) is 10.1. The van der Waals surface area contributed by atoms with Crippen LogP contribution in [0, 0.1) is 0 Å². The predicted molar refractivity (Wildman–Crippen MR) is 74.4 cm³/mol. The van der Waals surface area contributed by atoms with E-state index in [4.69, 9.17) is 11.6 Å². The van der Waals surface area contributed by atoms with E-state index in [2.05, 4.69) is 16.9 Å². The number of carbonyl (C=O) groups is 1. The largest absolute Gasteiger partial charge is 0.333 e. The molecule has 1 N–H and O–H groups in total. The van der Waals surface area contributed by atoms with Gasteiger partial charge in [0.25, 0.3) is 0 Å². The molecular formula is C12H17ClN2OS. The number of hydrogen-bond acceptors (Lipinski definition) is 3. The maximum Gasteiger partial charge on any atom is 0.186 e. The highest BCUT2D eigenvalue weighted by atomic mass is 35.5. The molecule has 0 aromatic carbocycles. The minimum absolute atomic E-state index is 0.117. The summed E-state index contributed by atoms with van der Waals surface area (Å²) in [5.74, 6) is 1.58. The number of nitrogens with one attached hydrogen (secondary N) is 1. The maximum absolute atomic E-state index is 10.7. The molecule has 0 amide bonds. The molecule has 0 aliphatic rings. The predicted octanol–water partition coefficient (Wildman–Crippen LogP) is 3.70. The third-order valence-corrected chi connectivity index (χ3v) is 3.21. The van der Waals surface area contributed by atoms with Crippen molar-refractivity contribution in [1.29, 1.82) is 0 Å². The summed E-state index contributed by atoms with van der Waals surface area (Å²) < 4.78 is 0. The van der Waals surface area contributed by atoms with E-state index in [1.165, 1.54) is 11.8 Å². The van der Waals surface area contributed by atoms with E-state index in [0.717, 1.165) is 30.8 Å². The average Bonchev–Trinajstić information content (AvgIpc) is 2.62. The molecule has 0 radical (unpaired) electrons. The zero-order chi connectivity index (χ0) is 12.7. The van der Waals surface area contributed by atoms with Gasteiger partial charge in [0.2, 0.25) is 0 Å². The minimum Gasteiger partial charge on any atom is -0.333 e.